The molecule has 1 amide bonds. The summed E-state index contributed by atoms with van der Waals surface area (Å²) in [6, 6.07) is 4.63. The highest BCUT2D eigenvalue weighted by atomic mass is 19.4. The van der Waals surface area contributed by atoms with Crippen molar-refractivity contribution in [2.24, 2.45) is 5.92 Å². The van der Waals surface area contributed by atoms with Gasteiger partial charge in [-0.1, -0.05) is 6.07 Å². The molecule has 1 aromatic carbocycles. The molecule has 3 nitrogen and oxygen atoms in total. The fraction of sp³-hybridized carbons (Fsp3) is 0.364. The Morgan fingerprint density at radius 1 is 1.35 bits per heavy atom. The molecular formula is C11H11F3N2O. The first-order valence-electron chi connectivity index (χ1n) is 5.15. The first-order chi connectivity index (χ1) is 7.97. The average molecular weight is 244 g/mol. The standard InChI is InChI=1S/C11H11F3N2O/c12-11(13,14)8-2-1-3-9(4-8)16-10(17)7-5-15-6-7/h1-4,7,15H,5-6H2,(H,16,17). The van der Waals surface area contributed by atoms with E-state index in [-0.39, 0.29) is 17.5 Å². The van der Waals surface area contributed by atoms with Gasteiger partial charge in [-0.25, -0.2) is 0 Å². The Bertz CT molecular complexity index is 427. The number of carbonyl (C=O) groups is 1. The molecule has 0 aromatic heterocycles. The highest BCUT2D eigenvalue weighted by molar-refractivity contribution is 5.93. The second-order valence-electron chi connectivity index (χ2n) is 3.92. The lowest BCUT2D eigenvalue weighted by Gasteiger charge is -2.25. The minimum atomic E-state index is -4.39. The Morgan fingerprint density at radius 3 is 2.59 bits per heavy atom. The molecule has 1 aromatic rings. The average Bonchev–Trinajstić information content (AvgIpc) is 2.13. The Kier molecular flexibility index (Phi) is 3.06. The summed E-state index contributed by atoms with van der Waals surface area (Å²) >= 11 is 0. The number of rotatable bonds is 2. The summed E-state index contributed by atoms with van der Waals surface area (Å²) in [5.41, 5.74) is -0.584. The van der Waals surface area contributed by atoms with Crippen molar-refractivity contribution in [3.05, 3.63) is 29.8 Å². The SMILES string of the molecule is O=C(Nc1cccc(C(F)(F)F)c1)C1CNC1. The Balaban J connectivity index is 2.08. The molecule has 92 valence electrons. The predicted octanol–water partition coefficient (Wildman–Crippen LogP) is 1.86. The summed E-state index contributed by atoms with van der Waals surface area (Å²) in [6.45, 7) is 1.15. The Labute approximate surface area is 96.0 Å². The van der Waals surface area contributed by atoms with Gasteiger partial charge in [-0.3, -0.25) is 4.79 Å². The van der Waals surface area contributed by atoms with Gasteiger partial charge >= 0.3 is 6.18 Å². The zero-order valence-corrected chi connectivity index (χ0v) is 8.84. The summed E-state index contributed by atoms with van der Waals surface area (Å²) in [5.74, 6) is -0.396. The van der Waals surface area contributed by atoms with Crippen molar-refractivity contribution in [2.75, 3.05) is 18.4 Å². The van der Waals surface area contributed by atoms with Crippen molar-refractivity contribution in [3.8, 4) is 0 Å². The highest BCUT2D eigenvalue weighted by Gasteiger charge is 2.31. The van der Waals surface area contributed by atoms with Gasteiger partial charge in [-0.05, 0) is 18.2 Å². The van der Waals surface area contributed by atoms with Gasteiger partial charge in [0.25, 0.3) is 0 Å². The molecule has 6 heteroatoms. The van der Waals surface area contributed by atoms with Gasteiger partial charge in [0.05, 0.1) is 11.5 Å². The zero-order chi connectivity index (χ0) is 12.5. The van der Waals surface area contributed by atoms with E-state index in [1.807, 2.05) is 0 Å². The first-order valence-corrected chi connectivity index (χ1v) is 5.15. The molecule has 1 saturated heterocycles. The van der Waals surface area contributed by atoms with Crippen LogP contribution in [0.5, 0.6) is 0 Å². The lowest BCUT2D eigenvalue weighted by atomic mass is 10.0. The molecule has 0 saturated carbocycles. The molecule has 1 aliphatic rings. The largest absolute Gasteiger partial charge is 0.416 e. The van der Waals surface area contributed by atoms with Crippen LogP contribution in [0.1, 0.15) is 5.56 Å². The van der Waals surface area contributed by atoms with Crippen LogP contribution >= 0.6 is 0 Å². The van der Waals surface area contributed by atoms with E-state index in [2.05, 4.69) is 10.6 Å². The number of hydrogen-bond acceptors (Lipinski definition) is 2. The quantitative estimate of drug-likeness (QED) is 0.833. The number of carbonyl (C=O) groups excluding carboxylic acids is 1. The highest BCUT2D eigenvalue weighted by Crippen LogP contribution is 2.30. The molecule has 0 radical (unpaired) electrons. The van der Waals surface area contributed by atoms with Crippen LogP contribution in [0, 0.1) is 5.92 Å². The van der Waals surface area contributed by atoms with Gasteiger partial charge in [-0.15, -0.1) is 0 Å². The maximum Gasteiger partial charge on any atom is 0.416 e. The fourth-order valence-electron chi connectivity index (χ4n) is 1.49. The lowest BCUT2D eigenvalue weighted by molar-refractivity contribution is -0.137. The number of hydrogen-bond donors (Lipinski definition) is 2. The molecule has 0 unspecified atom stereocenters. The van der Waals surface area contributed by atoms with Crippen molar-refractivity contribution in [3.63, 3.8) is 0 Å². The number of halogens is 3. The van der Waals surface area contributed by atoms with E-state index < -0.39 is 11.7 Å². The smallest absolute Gasteiger partial charge is 0.326 e. The first kappa shape index (κ1) is 11.9. The molecule has 0 spiro atoms. The van der Waals surface area contributed by atoms with Crippen LogP contribution in [0.3, 0.4) is 0 Å². The summed E-state index contributed by atoms with van der Waals surface area (Å²) in [4.78, 5) is 11.5. The molecule has 1 fully saturated rings. The van der Waals surface area contributed by atoms with Gasteiger partial charge < -0.3 is 10.6 Å². The second kappa shape index (κ2) is 4.37. The van der Waals surface area contributed by atoms with E-state index in [0.717, 1.165) is 12.1 Å². The van der Waals surface area contributed by atoms with Crippen LogP contribution < -0.4 is 10.6 Å². The zero-order valence-electron chi connectivity index (χ0n) is 8.84. The number of benzene rings is 1. The van der Waals surface area contributed by atoms with Crippen LogP contribution in [0.4, 0.5) is 18.9 Å². The van der Waals surface area contributed by atoms with E-state index >= 15 is 0 Å². The third-order valence-corrected chi connectivity index (χ3v) is 2.61. The molecule has 0 aliphatic carbocycles. The summed E-state index contributed by atoms with van der Waals surface area (Å²) in [6.07, 6.45) is -4.39. The van der Waals surface area contributed by atoms with Gasteiger partial charge in [-0.2, -0.15) is 13.2 Å². The molecule has 17 heavy (non-hydrogen) atoms. The molecule has 1 heterocycles. The van der Waals surface area contributed by atoms with Crippen LogP contribution in [0.2, 0.25) is 0 Å². The third kappa shape index (κ3) is 2.76. The van der Waals surface area contributed by atoms with Gasteiger partial charge in [0.1, 0.15) is 0 Å². The predicted molar refractivity (Wildman–Crippen MR) is 56.4 cm³/mol. The van der Waals surface area contributed by atoms with E-state index in [1.165, 1.54) is 12.1 Å². The van der Waals surface area contributed by atoms with Crippen LogP contribution in [0.25, 0.3) is 0 Å². The minimum Gasteiger partial charge on any atom is -0.326 e. The number of amides is 1. The van der Waals surface area contributed by atoms with Crippen molar-refractivity contribution < 1.29 is 18.0 Å². The summed E-state index contributed by atoms with van der Waals surface area (Å²) < 4.78 is 37.3. The molecule has 2 rings (SSSR count). The fourth-order valence-corrected chi connectivity index (χ4v) is 1.49. The van der Waals surface area contributed by atoms with Crippen molar-refractivity contribution in [1.29, 1.82) is 0 Å². The van der Waals surface area contributed by atoms with Crippen LogP contribution in [-0.4, -0.2) is 19.0 Å². The number of alkyl halides is 3. The van der Waals surface area contributed by atoms with Crippen LogP contribution in [-0.2, 0) is 11.0 Å². The second-order valence-corrected chi connectivity index (χ2v) is 3.92. The van der Waals surface area contributed by atoms with Crippen molar-refractivity contribution >= 4 is 11.6 Å². The number of anilines is 1. The topological polar surface area (TPSA) is 41.1 Å². The monoisotopic (exact) mass is 244 g/mol. The maximum atomic E-state index is 12.4. The van der Waals surface area contributed by atoms with Gasteiger partial charge in [0.15, 0.2) is 0 Å². The summed E-state index contributed by atoms with van der Waals surface area (Å²) in [7, 11) is 0. The van der Waals surface area contributed by atoms with Crippen molar-refractivity contribution in [1.82, 2.24) is 5.32 Å². The molecule has 0 bridgehead atoms. The molecule has 2 N–H and O–H groups in total. The van der Waals surface area contributed by atoms with Gasteiger partial charge in [0.2, 0.25) is 5.91 Å². The third-order valence-electron chi connectivity index (χ3n) is 2.61. The van der Waals surface area contributed by atoms with Crippen LogP contribution in [0.15, 0.2) is 24.3 Å². The molecule has 1 aliphatic heterocycles. The number of nitrogens with one attached hydrogen (secondary N) is 2. The van der Waals surface area contributed by atoms with Crippen molar-refractivity contribution in [2.45, 2.75) is 6.18 Å². The molecule has 0 atom stereocenters. The normalized spacial score (nSPS) is 16.4. The molecular weight excluding hydrogens is 233 g/mol. The Morgan fingerprint density at radius 2 is 2.06 bits per heavy atom. The lowest BCUT2D eigenvalue weighted by Crippen LogP contribution is -2.48. The minimum absolute atomic E-state index is 0.149. The van der Waals surface area contributed by atoms with E-state index in [9.17, 15) is 18.0 Å². The van der Waals surface area contributed by atoms with E-state index in [4.69, 9.17) is 0 Å². The Hall–Kier alpha value is -1.56. The van der Waals surface area contributed by atoms with Gasteiger partial charge in [0, 0.05) is 18.8 Å². The van der Waals surface area contributed by atoms with E-state index in [0.29, 0.717) is 13.1 Å². The maximum absolute atomic E-state index is 12.4. The summed E-state index contributed by atoms with van der Waals surface area (Å²) in [5, 5.41) is 5.40. The van der Waals surface area contributed by atoms with E-state index in [1.54, 1.807) is 0 Å².